The van der Waals surface area contributed by atoms with E-state index in [1.165, 1.54) is 26.2 Å². The maximum absolute atomic E-state index is 14.5. The van der Waals surface area contributed by atoms with Gasteiger partial charge in [0, 0.05) is 75.1 Å². The maximum Gasteiger partial charge on any atom is 0.475 e. The van der Waals surface area contributed by atoms with E-state index in [-0.39, 0.29) is 36.7 Å². The molecule has 0 bridgehead atoms. The minimum absolute atomic E-state index is 0.0753. The Kier molecular flexibility index (Phi) is 21.5. The lowest BCUT2D eigenvalue weighted by Crippen LogP contribution is -2.61. The third-order valence-corrected chi connectivity index (χ3v) is 16.6. The van der Waals surface area contributed by atoms with Crippen molar-refractivity contribution in [2.24, 2.45) is 17.8 Å². The molecule has 19 nitrogen and oxygen atoms in total. The van der Waals surface area contributed by atoms with Gasteiger partial charge < -0.3 is 68.5 Å². The van der Waals surface area contributed by atoms with Crippen LogP contribution in [-0.4, -0.2) is 197 Å². The van der Waals surface area contributed by atoms with Gasteiger partial charge in [-0.15, -0.1) is 5.10 Å². The molecule has 2 aromatic rings. The lowest BCUT2D eigenvalue weighted by Gasteiger charge is -2.49. The molecule has 0 spiro atoms. The second-order valence-electron chi connectivity index (χ2n) is 21.8. The van der Waals surface area contributed by atoms with E-state index >= 15 is 0 Å². The molecule has 4 heterocycles. The molecule has 1 aromatic heterocycles. The minimum Gasteiger partial charge on any atom is -0.494 e. The second-order valence-corrected chi connectivity index (χ2v) is 23.3. The van der Waals surface area contributed by atoms with Crippen LogP contribution in [0.1, 0.15) is 107 Å². The van der Waals surface area contributed by atoms with E-state index in [9.17, 15) is 47.7 Å². The third-order valence-electron chi connectivity index (χ3n) is 15.5. The standard InChI is InChI=1S/C51H84F3N5O14S/c1-14-39-50(10,65)43(61)33(6)58(12)27-29(2)25-48(8,64)45(31(4)42(32(5)46(63)71-39)72-40-26-49(9,67-13)44(62)34(7)70-40)73-47-41(60)38(24-30(3)69-47)57(11)22-20-35-28-59(56-55-35)21-15-23-68-36-16-18-37(19-17-36)74(66)51(52,53)54/h16-19,28-34,38-45,47,60-62,64-65H,14-15,20-27H2,1-13H3/t29-,30-,31+,32-,33-,34+,38+,39-,40+,41-,42+,43-,44+,45-,47+,48-,49-,50-,74?/m1/s1. The average molecular weight is 1080 g/mol. The number of hydrogen-bond acceptors (Lipinski definition) is 18. The number of esters is 1. The summed E-state index contributed by atoms with van der Waals surface area (Å²) in [5, 5.41) is 68.1. The third kappa shape index (κ3) is 15.2. The number of rotatable bonds is 16. The zero-order chi connectivity index (χ0) is 55.2. The zero-order valence-corrected chi connectivity index (χ0v) is 46.1. The molecule has 74 heavy (non-hydrogen) atoms. The van der Waals surface area contributed by atoms with Gasteiger partial charge in [0.25, 0.3) is 0 Å². The summed E-state index contributed by atoms with van der Waals surface area (Å²) in [5.41, 5.74) is -8.77. The van der Waals surface area contributed by atoms with Crippen LogP contribution in [0.15, 0.2) is 35.4 Å². The van der Waals surface area contributed by atoms with Crippen LogP contribution in [0.2, 0.25) is 0 Å². The summed E-state index contributed by atoms with van der Waals surface area (Å²) in [6.07, 6.45) is -6.72. The van der Waals surface area contributed by atoms with Crippen LogP contribution in [0.3, 0.4) is 0 Å². The molecule has 5 N–H and O–H groups in total. The SMILES string of the molecule is CC[C@H]1OC(=O)[C@H](C)[C@@H](O[C@H]2C[C@@](C)(OC)[C@@H](O)[C@H](C)O2)[C@H](C)[C@@H](O[C@@H]2O[C@H](C)C[C@H](N(C)CCc3cn(CCCOc4ccc(S(=O)C(F)(F)F)cc4)nn3)[C@H]2O)[C@](C)(O)C[C@@H](C)CN(C)[C@H](C)[C@@H](O)[C@]1(C)O. The van der Waals surface area contributed by atoms with Gasteiger partial charge in [-0.05, 0) is 112 Å². The molecule has 1 unspecified atom stereocenters. The van der Waals surface area contributed by atoms with Crippen molar-refractivity contribution in [2.75, 3.05) is 40.9 Å². The Balaban J connectivity index is 1.35. The predicted molar refractivity (Wildman–Crippen MR) is 266 cm³/mol. The predicted octanol–water partition coefficient (Wildman–Crippen LogP) is 4.20. The van der Waals surface area contributed by atoms with E-state index in [0.29, 0.717) is 50.3 Å². The van der Waals surface area contributed by atoms with E-state index in [1.807, 2.05) is 37.7 Å². The van der Waals surface area contributed by atoms with Crippen LogP contribution >= 0.6 is 0 Å². The molecule has 0 amide bonds. The summed E-state index contributed by atoms with van der Waals surface area (Å²) >= 11 is 0. The zero-order valence-electron chi connectivity index (χ0n) is 45.3. The Morgan fingerprint density at radius 3 is 2.26 bits per heavy atom. The largest absolute Gasteiger partial charge is 0.494 e. The number of aryl methyl sites for hydroxylation is 1. The molecular weight excluding hydrogens is 996 g/mol. The highest BCUT2D eigenvalue weighted by Gasteiger charge is 2.53. The molecule has 424 valence electrons. The van der Waals surface area contributed by atoms with Crippen molar-refractivity contribution in [1.29, 1.82) is 0 Å². The number of carbonyl (C=O) groups excluding carboxylic acids is 1. The molecule has 5 rings (SSSR count). The number of aliphatic hydroxyl groups is 5. The fourth-order valence-corrected chi connectivity index (χ4v) is 11.5. The fourth-order valence-electron chi connectivity index (χ4n) is 10.9. The summed E-state index contributed by atoms with van der Waals surface area (Å²) in [5.74, 6) is -2.56. The maximum atomic E-state index is 14.5. The van der Waals surface area contributed by atoms with Crippen molar-refractivity contribution >= 4 is 16.8 Å². The van der Waals surface area contributed by atoms with Gasteiger partial charge in [-0.25, -0.2) is 4.21 Å². The Labute approximate surface area is 436 Å². The number of methoxy groups -OCH3 is 1. The van der Waals surface area contributed by atoms with Crippen LogP contribution in [0, 0.1) is 17.8 Å². The number of ether oxygens (including phenoxy) is 7. The molecule has 3 fully saturated rings. The molecule has 3 aliphatic rings. The highest BCUT2D eigenvalue weighted by atomic mass is 32.2. The van der Waals surface area contributed by atoms with Gasteiger partial charge in [-0.2, -0.15) is 13.2 Å². The number of hydrogen-bond donors (Lipinski definition) is 5. The number of nitrogens with zero attached hydrogens (tertiary/aromatic N) is 5. The highest BCUT2D eigenvalue weighted by Crippen LogP contribution is 2.40. The summed E-state index contributed by atoms with van der Waals surface area (Å²) in [4.78, 5) is 18.0. The monoisotopic (exact) mass is 1080 g/mol. The number of benzene rings is 1. The molecule has 19 atom stereocenters. The number of aliphatic hydroxyl groups excluding tert-OH is 3. The Bertz CT molecular complexity index is 2110. The van der Waals surface area contributed by atoms with Crippen LogP contribution in [-0.2, 0) is 57.0 Å². The van der Waals surface area contributed by atoms with Crippen LogP contribution in [0.25, 0.3) is 0 Å². The van der Waals surface area contributed by atoms with Gasteiger partial charge in [0.05, 0.1) is 53.8 Å². The summed E-state index contributed by atoms with van der Waals surface area (Å²) in [6, 6.07) is 3.86. The van der Waals surface area contributed by atoms with Crippen LogP contribution < -0.4 is 4.74 Å². The van der Waals surface area contributed by atoms with Crippen molar-refractivity contribution in [2.45, 2.75) is 215 Å². The number of cyclic esters (lactones) is 1. The number of likely N-dealkylation sites (N-methyl/N-ethyl adjacent to an activating group) is 2. The lowest BCUT2D eigenvalue weighted by molar-refractivity contribution is -0.318. The van der Waals surface area contributed by atoms with Crippen LogP contribution in [0.4, 0.5) is 13.2 Å². The summed E-state index contributed by atoms with van der Waals surface area (Å²) in [6.45, 7) is 18.9. The smallest absolute Gasteiger partial charge is 0.475 e. The van der Waals surface area contributed by atoms with Gasteiger partial charge in [0.1, 0.15) is 35.8 Å². The van der Waals surface area contributed by atoms with Gasteiger partial charge in [-0.3, -0.25) is 9.48 Å². The topological polar surface area (TPSA) is 237 Å². The lowest BCUT2D eigenvalue weighted by atomic mass is 9.77. The van der Waals surface area contributed by atoms with E-state index in [1.54, 1.807) is 59.3 Å². The highest BCUT2D eigenvalue weighted by molar-refractivity contribution is 7.86. The van der Waals surface area contributed by atoms with E-state index in [4.69, 9.17) is 33.2 Å². The first kappa shape index (κ1) is 61.9. The Morgan fingerprint density at radius 2 is 1.64 bits per heavy atom. The van der Waals surface area contributed by atoms with Gasteiger partial charge in [0.2, 0.25) is 0 Å². The molecule has 3 saturated heterocycles. The Hall–Kier alpha value is -2.91. The first-order valence-electron chi connectivity index (χ1n) is 25.8. The van der Waals surface area contributed by atoms with Gasteiger partial charge in [-0.1, -0.05) is 26.0 Å². The summed E-state index contributed by atoms with van der Waals surface area (Å²) in [7, 11) is 2.06. The molecule has 0 saturated carbocycles. The number of alkyl halides is 3. The first-order valence-corrected chi connectivity index (χ1v) is 27.0. The molecular formula is C51H84F3N5O14S. The molecule has 0 aliphatic carbocycles. The van der Waals surface area contributed by atoms with Crippen LogP contribution in [0.5, 0.6) is 5.75 Å². The Morgan fingerprint density at radius 1 is 0.973 bits per heavy atom. The number of aromatic nitrogens is 3. The van der Waals surface area contributed by atoms with Crippen molar-refractivity contribution < 1.29 is 80.9 Å². The van der Waals surface area contributed by atoms with E-state index in [2.05, 4.69) is 10.3 Å². The van der Waals surface area contributed by atoms with Crippen molar-refractivity contribution in [3.8, 4) is 5.75 Å². The fraction of sp³-hybridized carbons (Fsp3) is 0.824. The normalized spacial score (nSPS) is 39.0. The summed E-state index contributed by atoms with van der Waals surface area (Å²) < 4.78 is 95.5. The van der Waals surface area contributed by atoms with Crippen molar-refractivity contribution in [3.05, 3.63) is 36.2 Å². The van der Waals surface area contributed by atoms with Crippen molar-refractivity contribution in [1.82, 2.24) is 24.8 Å². The van der Waals surface area contributed by atoms with E-state index in [0.717, 1.165) is 12.1 Å². The minimum atomic E-state index is -4.85. The molecule has 3 aliphatic heterocycles. The van der Waals surface area contributed by atoms with Gasteiger partial charge in [0.15, 0.2) is 23.4 Å². The second kappa shape index (κ2) is 25.7. The first-order chi connectivity index (χ1) is 34.4. The van der Waals surface area contributed by atoms with Gasteiger partial charge >= 0.3 is 11.5 Å². The number of carbonyl (C=O) groups is 1. The quantitative estimate of drug-likeness (QED) is 0.117. The molecule has 0 radical (unpaired) electrons. The molecule has 1 aromatic carbocycles. The number of halogens is 3. The van der Waals surface area contributed by atoms with E-state index < -0.39 is 124 Å². The van der Waals surface area contributed by atoms with Crippen molar-refractivity contribution in [3.63, 3.8) is 0 Å². The average Bonchev–Trinajstić information content (AvgIpc) is 3.80. The molecule has 23 heteroatoms.